The molecule has 0 bridgehead atoms. The number of carbonyl (C=O) groups is 1. The number of hydrazone groups is 1. The number of amides is 1. The van der Waals surface area contributed by atoms with Crippen LogP contribution in [-0.4, -0.2) is 26.3 Å². The van der Waals surface area contributed by atoms with Gasteiger partial charge in [0, 0.05) is 6.42 Å². The summed E-state index contributed by atoms with van der Waals surface area (Å²) >= 11 is 3.42. The van der Waals surface area contributed by atoms with Gasteiger partial charge in [0.05, 0.1) is 24.9 Å². The van der Waals surface area contributed by atoms with Crippen LogP contribution >= 0.6 is 15.9 Å². The van der Waals surface area contributed by atoms with Gasteiger partial charge >= 0.3 is 0 Å². The summed E-state index contributed by atoms with van der Waals surface area (Å²) in [5.74, 6) is 1.50. The second kappa shape index (κ2) is 9.97. The van der Waals surface area contributed by atoms with Crippen LogP contribution in [0.25, 0.3) is 0 Å². The van der Waals surface area contributed by atoms with Crippen LogP contribution in [0.15, 0.2) is 46.0 Å². The highest BCUT2D eigenvalue weighted by atomic mass is 79.9. The molecule has 0 saturated carbocycles. The minimum atomic E-state index is -0.0972. The number of benzene rings is 2. The van der Waals surface area contributed by atoms with Gasteiger partial charge < -0.3 is 9.47 Å². The lowest BCUT2D eigenvalue weighted by Crippen LogP contribution is -2.17. The Bertz CT molecular complexity index is 791. The van der Waals surface area contributed by atoms with Crippen LogP contribution < -0.4 is 14.9 Å². The monoisotopic (exact) mass is 418 g/mol. The summed E-state index contributed by atoms with van der Waals surface area (Å²) in [5.41, 5.74) is 5.83. The minimum absolute atomic E-state index is 0.0972. The Labute approximate surface area is 162 Å². The predicted molar refractivity (Wildman–Crippen MR) is 107 cm³/mol. The van der Waals surface area contributed by atoms with Gasteiger partial charge in [-0.05, 0) is 82.7 Å². The Kier molecular flexibility index (Phi) is 7.66. The molecule has 0 aliphatic carbocycles. The SMILES string of the molecule is COc1ccc(CCCC(=O)N/N=C/c2ccc(OC)c(Br)c2)c(C)c1. The maximum absolute atomic E-state index is 11.9. The lowest BCUT2D eigenvalue weighted by atomic mass is 10.0. The van der Waals surface area contributed by atoms with E-state index in [0.29, 0.717) is 6.42 Å². The molecule has 0 unspecified atom stereocenters. The topological polar surface area (TPSA) is 59.9 Å². The van der Waals surface area contributed by atoms with Crippen molar-refractivity contribution >= 4 is 28.1 Å². The molecule has 0 atom stereocenters. The Balaban J connectivity index is 1.77. The molecule has 0 saturated heterocycles. The number of nitrogens with zero attached hydrogens (tertiary/aromatic N) is 1. The highest BCUT2D eigenvalue weighted by Gasteiger charge is 2.04. The van der Waals surface area contributed by atoms with Crippen molar-refractivity contribution in [3.05, 3.63) is 57.6 Å². The fourth-order valence-electron chi connectivity index (χ4n) is 2.51. The van der Waals surface area contributed by atoms with Crippen molar-refractivity contribution in [1.29, 1.82) is 0 Å². The van der Waals surface area contributed by atoms with E-state index in [1.54, 1.807) is 20.4 Å². The number of aryl methyl sites for hydroxylation is 2. The van der Waals surface area contributed by atoms with Gasteiger partial charge in [0.15, 0.2) is 0 Å². The van der Waals surface area contributed by atoms with Gasteiger partial charge in [-0.1, -0.05) is 6.07 Å². The number of hydrogen-bond acceptors (Lipinski definition) is 4. The van der Waals surface area contributed by atoms with E-state index in [2.05, 4.69) is 33.4 Å². The Hall–Kier alpha value is -2.34. The van der Waals surface area contributed by atoms with E-state index < -0.39 is 0 Å². The number of rotatable bonds is 8. The van der Waals surface area contributed by atoms with Crippen molar-refractivity contribution in [1.82, 2.24) is 5.43 Å². The molecule has 0 aliphatic heterocycles. The van der Waals surface area contributed by atoms with Gasteiger partial charge in [0.1, 0.15) is 11.5 Å². The maximum atomic E-state index is 11.9. The van der Waals surface area contributed by atoms with Crippen molar-refractivity contribution in [2.45, 2.75) is 26.2 Å². The third-order valence-electron chi connectivity index (χ3n) is 3.98. The lowest BCUT2D eigenvalue weighted by molar-refractivity contribution is -0.121. The van der Waals surface area contributed by atoms with E-state index in [-0.39, 0.29) is 5.91 Å². The molecule has 0 aromatic heterocycles. The van der Waals surface area contributed by atoms with Gasteiger partial charge in [-0.15, -0.1) is 0 Å². The molecule has 6 heteroatoms. The third kappa shape index (κ3) is 5.88. The average Bonchev–Trinajstić information content (AvgIpc) is 2.63. The van der Waals surface area contributed by atoms with E-state index in [4.69, 9.17) is 9.47 Å². The summed E-state index contributed by atoms with van der Waals surface area (Å²) in [6, 6.07) is 11.6. The van der Waals surface area contributed by atoms with Crippen LogP contribution in [0.5, 0.6) is 11.5 Å². The molecule has 138 valence electrons. The molecular formula is C20H23BrN2O3. The highest BCUT2D eigenvalue weighted by Crippen LogP contribution is 2.24. The van der Waals surface area contributed by atoms with Gasteiger partial charge in [-0.2, -0.15) is 5.10 Å². The number of ether oxygens (including phenoxy) is 2. The first kappa shape index (κ1) is 20.0. The molecule has 5 nitrogen and oxygen atoms in total. The second-order valence-corrected chi connectivity index (χ2v) is 6.69. The first-order valence-corrected chi connectivity index (χ1v) is 9.11. The van der Waals surface area contributed by atoms with Crippen LogP contribution in [0.2, 0.25) is 0 Å². The van der Waals surface area contributed by atoms with Crippen molar-refractivity contribution < 1.29 is 14.3 Å². The van der Waals surface area contributed by atoms with Crippen LogP contribution in [0.1, 0.15) is 29.5 Å². The molecule has 2 aromatic rings. The zero-order valence-electron chi connectivity index (χ0n) is 15.2. The first-order valence-electron chi connectivity index (χ1n) is 8.32. The lowest BCUT2D eigenvalue weighted by Gasteiger charge is -2.07. The van der Waals surface area contributed by atoms with Crippen LogP contribution in [0.3, 0.4) is 0 Å². The molecule has 0 aliphatic rings. The summed E-state index contributed by atoms with van der Waals surface area (Å²) in [6.45, 7) is 2.05. The molecule has 1 amide bonds. The predicted octanol–water partition coefficient (Wildman–Crippen LogP) is 4.25. The van der Waals surface area contributed by atoms with Crippen molar-refractivity contribution in [2.75, 3.05) is 14.2 Å². The third-order valence-corrected chi connectivity index (χ3v) is 4.60. The fourth-order valence-corrected chi connectivity index (χ4v) is 3.07. The number of hydrogen-bond donors (Lipinski definition) is 1. The quantitative estimate of drug-likeness (QED) is 0.514. The zero-order chi connectivity index (χ0) is 18.9. The Morgan fingerprint density at radius 2 is 2.00 bits per heavy atom. The summed E-state index contributed by atoms with van der Waals surface area (Å²) in [6.07, 6.45) is 3.64. The van der Waals surface area contributed by atoms with Gasteiger partial charge in [0.25, 0.3) is 0 Å². The van der Waals surface area contributed by atoms with E-state index in [9.17, 15) is 4.79 Å². The second-order valence-electron chi connectivity index (χ2n) is 5.83. The number of halogens is 1. The molecule has 26 heavy (non-hydrogen) atoms. The standard InChI is InChI=1S/C20H23BrN2O3/c1-14-11-17(25-2)9-8-16(14)5-4-6-20(24)23-22-13-15-7-10-19(26-3)18(21)12-15/h7-13H,4-6H2,1-3H3,(H,23,24)/b22-13+. The van der Waals surface area contributed by atoms with E-state index in [0.717, 1.165) is 34.4 Å². The van der Waals surface area contributed by atoms with Crippen LogP contribution in [0.4, 0.5) is 0 Å². The Morgan fingerprint density at radius 3 is 2.65 bits per heavy atom. The highest BCUT2D eigenvalue weighted by molar-refractivity contribution is 9.10. The van der Waals surface area contributed by atoms with Crippen molar-refractivity contribution in [3.8, 4) is 11.5 Å². The molecule has 2 aromatic carbocycles. The summed E-state index contributed by atoms with van der Waals surface area (Å²) in [7, 11) is 3.27. The molecule has 0 fully saturated rings. The summed E-state index contributed by atoms with van der Waals surface area (Å²) in [4.78, 5) is 11.9. The number of carbonyl (C=O) groups excluding carboxylic acids is 1. The number of nitrogens with one attached hydrogen (secondary N) is 1. The molecule has 1 N–H and O–H groups in total. The zero-order valence-corrected chi connectivity index (χ0v) is 16.8. The van der Waals surface area contributed by atoms with Crippen LogP contribution in [-0.2, 0) is 11.2 Å². The van der Waals surface area contributed by atoms with Crippen molar-refractivity contribution in [3.63, 3.8) is 0 Å². The normalized spacial score (nSPS) is 10.8. The molecular weight excluding hydrogens is 396 g/mol. The minimum Gasteiger partial charge on any atom is -0.497 e. The molecule has 0 radical (unpaired) electrons. The molecule has 2 rings (SSSR count). The largest absolute Gasteiger partial charge is 0.497 e. The maximum Gasteiger partial charge on any atom is 0.240 e. The van der Waals surface area contributed by atoms with Crippen molar-refractivity contribution in [2.24, 2.45) is 5.10 Å². The van der Waals surface area contributed by atoms with Gasteiger partial charge in [-0.25, -0.2) is 5.43 Å². The van der Waals surface area contributed by atoms with Crippen LogP contribution in [0, 0.1) is 6.92 Å². The van der Waals surface area contributed by atoms with Gasteiger partial charge in [-0.3, -0.25) is 4.79 Å². The van der Waals surface area contributed by atoms with E-state index in [1.165, 1.54) is 11.1 Å². The first-order chi connectivity index (χ1) is 12.5. The summed E-state index contributed by atoms with van der Waals surface area (Å²) in [5, 5.41) is 4.00. The van der Waals surface area contributed by atoms with E-state index >= 15 is 0 Å². The smallest absolute Gasteiger partial charge is 0.240 e. The average molecular weight is 419 g/mol. The fraction of sp³-hybridized carbons (Fsp3) is 0.300. The molecule has 0 heterocycles. The van der Waals surface area contributed by atoms with E-state index in [1.807, 2.05) is 36.4 Å². The summed E-state index contributed by atoms with van der Waals surface area (Å²) < 4.78 is 11.2. The Morgan fingerprint density at radius 1 is 1.19 bits per heavy atom. The number of methoxy groups -OCH3 is 2. The van der Waals surface area contributed by atoms with Gasteiger partial charge in [0.2, 0.25) is 5.91 Å². The molecule has 0 spiro atoms.